The third-order valence-corrected chi connectivity index (χ3v) is 4.53. The van der Waals surface area contributed by atoms with E-state index in [-0.39, 0.29) is 33.7 Å². The van der Waals surface area contributed by atoms with Crippen LogP contribution in [0.1, 0.15) is 16.1 Å². The van der Waals surface area contributed by atoms with Crippen molar-refractivity contribution in [1.82, 2.24) is 9.78 Å². The van der Waals surface area contributed by atoms with E-state index in [0.29, 0.717) is 12.2 Å². The van der Waals surface area contributed by atoms with Gasteiger partial charge in [-0.1, -0.05) is 6.07 Å². The highest BCUT2D eigenvalue weighted by Gasteiger charge is 2.29. The molecule has 2 aromatic carbocycles. The highest BCUT2D eigenvalue weighted by atomic mass is 32.2. The fourth-order valence-electron chi connectivity index (χ4n) is 2.55. The van der Waals surface area contributed by atoms with Gasteiger partial charge in [-0.05, 0) is 48.2 Å². The summed E-state index contributed by atoms with van der Waals surface area (Å²) in [5.74, 6) is -0.887. The van der Waals surface area contributed by atoms with Gasteiger partial charge in [-0.25, -0.2) is 0 Å². The van der Waals surface area contributed by atoms with E-state index >= 15 is 0 Å². The van der Waals surface area contributed by atoms with Crippen LogP contribution < -0.4 is 10.6 Å². The van der Waals surface area contributed by atoms with E-state index in [1.165, 1.54) is 36.4 Å². The average molecular weight is 422 g/mol. The molecule has 1 heterocycles. The van der Waals surface area contributed by atoms with Crippen molar-refractivity contribution in [2.24, 2.45) is 7.05 Å². The number of benzene rings is 2. The largest absolute Gasteiger partial charge is 0.507 e. The van der Waals surface area contributed by atoms with Gasteiger partial charge in [0.15, 0.2) is 0 Å². The van der Waals surface area contributed by atoms with Crippen molar-refractivity contribution in [1.29, 1.82) is 0 Å². The molecule has 0 spiro atoms. The summed E-state index contributed by atoms with van der Waals surface area (Å²) in [6.07, 6.45) is 1.81. The van der Waals surface area contributed by atoms with Crippen molar-refractivity contribution in [3.05, 3.63) is 66.0 Å². The number of phenols is 1. The molecule has 0 aliphatic carbocycles. The number of alkyl halides is 3. The third kappa shape index (κ3) is 5.92. The maximum atomic E-state index is 12.5. The second kappa shape index (κ2) is 8.48. The average Bonchev–Trinajstić information content (AvgIpc) is 3.04. The first-order valence-corrected chi connectivity index (χ1v) is 9.24. The molecule has 0 saturated carbocycles. The molecule has 0 aliphatic rings. The van der Waals surface area contributed by atoms with Gasteiger partial charge in [0.25, 0.3) is 5.91 Å². The molecule has 0 bridgehead atoms. The minimum atomic E-state index is -4.42. The number of hydrogen-bond donors (Lipinski definition) is 3. The van der Waals surface area contributed by atoms with Gasteiger partial charge in [-0.15, -0.1) is 0 Å². The summed E-state index contributed by atoms with van der Waals surface area (Å²) >= 11 is -0.268. The SMILES string of the molecule is Cn1ccc(CNc2ccc(C(=O)Nc3cccc(SC(F)(F)F)c3)c(O)c2)n1. The molecule has 0 unspecified atom stereocenters. The molecule has 29 heavy (non-hydrogen) atoms. The Bertz CT molecular complexity index is 1020. The van der Waals surface area contributed by atoms with Crippen LogP contribution in [0.3, 0.4) is 0 Å². The zero-order valence-electron chi connectivity index (χ0n) is 15.2. The number of rotatable bonds is 6. The molecular formula is C19H17F3N4O2S. The van der Waals surface area contributed by atoms with Crippen molar-refractivity contribution in [3.8, 4) is 5.75 Å². The Morgan fingerprint density at radius 1 is 1.17 bits per heavy atom. The molecule has 152 valence electrons. The van der Waals surface area contributed by atoms with E-state index < -0.39 is 11.4 Å². The van der Waals surface area contributed by atoms with Gasteiger partial charge in [0.1, 0.15) is 5.75 Å². The van der Waals surface area contributed by atoms with Crippen LogP contribution in [-0.4, -0.2) is 26.3 Å². The number of anilines is 2. The number of aromatic nitrogens is 2. The number of carbonyl (C=O) groups is 1. The molecule has 3 aromatic rings. The monoisotopic (exact) mass is 422 g/mol. The van der Waals surface area contributed by atoms with Gasteiger partial charge in [0.2, 0.25) is 0 Å². The lowest BCUT2D eigenvalue weighted by Gasteiger charge is -2.11. The van der Waals surface area contributed by atoms with E-state index in [4.69, 9.17) is 0 Å². The molecule has 0 saturated heterocycles. The molecule has 3 N–H and O–H groups in total. The molecule has 0 fully saturated rings. The molecule has 0 aliphatic heterocycles. The summed E-state index contributed by atoms with van der Waals surface area (Å²) in [5, 5.41) is 20.0. The Morgan fingerprint density at radius 2 is 1.97 bits per heavy atom. The Hall–Kier alpha value is -3.14. The van der Waals surface area contributed by atoms with Crippen LogP contribution in [-0.2, 0) is 13.6 Å². The van der Waals surface area contributed by atoms with E-state index in [1.807, 2.05) is 12.3 Å². The Kier molecular flexibility index (Phi) is 6.02. The molecule has 1 amide bonds. The van der Waals surface area contributed by atoms with Crippen LogP contribution in [0.2, 0.25) is 0 Å². The summed E-state index contributed by atoms with van der Waals surface area (Å²) in [4.78, 5) is 12.3. The maximum Gasteiger partial charge on any atom is 0.446 e. The van der Waals surface area contributed by atoms with Crippen molar-refractivity contribution < 1.29 is 23.1 Å². The van der Waals surface area contributed by atoms with Crippen LogP contribution in [0.4, 0.5) is 24.5 Å². The Morgan fingerprint density at radius 3 is 2.62 bits per heavy atom. The number of aryl methyl sites for hydroxylation is 1. The van der Waals surface area contributed by atoms with Crippen LogP contribution in [0.25, 0.3) is 0 Å². The van der Waals surface area contributed by atoms with E-state index in [9.17, 15) is 23.1 Å². The number of halogens is 3. The number of thioether (sulfide) groups is 1. The lowest BCUT2D eigenvalue weighted by molar-refractivity contribution is -0.0328. The highest BCUT2D eigenvalue weighted by Crippen LogP contribution is 2.37. The predicted molar refractivity (Wildman–Crippen MR) is 105 cm³/mol. The number of amides is 1. The van der Waals surface area contributed by atoms with Crippen molar-refractivity contribution in [2.45, 2.75) is 16.9 Å². The number of carbonyl (C=O) groups excluding carboxylic acids is 1. The molecule has 1 aromatic heterocycles. The molecule has 3 rings (SSSR count). The fraction of sp³-hybridized carbons (Fsp3) is 0.158. The minimum absolute atomic E-state index is 0.00210. The van der Waals surface area contributed by atoms with Crippen molar-refractivity contribution in [2.75, 3.05) is 10.6 Å². The van der Waals surface area contributed by atoms with E-state index in [2.05, 4.69) is 15.7 Å². The van der Waals surface area contributed by atoms with Gasteiger partial charge in [0, 0.05) is 35.6 Å². The molecule has 6 nitrogen and oxygen atoms in total. The second-order valence-corrected chi connectivity index (χ2v) is 7.23. The van der Waals surface area contributed by atoms with Gasteiger partial charge in [-0.3, -0.25) is 9.48 Å². The van der Waals surface area contributed by atoms with Crippen LogP contribution >= 0.6 is 11.8 Å². The van der Waals surface area contributed by atoms with Crippen LogP contribution in [0, 0.1) is 0 Å². The van der Waals surface area contributed by atoms with Crippen LogP contribution in [0.15, 0.2) is 59.6 Å². The zero-order valence-corrected chi connectivity index (χ0v) is 16.0. The molecular weight excluding hydrogens is 405 g/mol. The number of hydrogen-bond acceptors (Lipinski definition) is 5. The Balaban J connectivity index is 1.66. The third-order valence-electron chi connectivity index (χ3n) is 3.81. The lowest BCUT2D eigenvalue weighted by atomic mass is 10.1. The van der Waals surface area contributed by atoms with Crippen molar-refractivity contribution in [3.63, 3.8) is 0 Å². The van der Waals surface area contributed by atoms with Gasteiger partial charge in [-0.2, -0.15) is 18.3 Å². The van der Waals surface area contributed by atoms with Gasteiger partial charge in [0.05, 0.1) is 17.8 Å². The Labute approximate surface area is 168 Å². The first-order chi connectivity index (χ1) is 13.7. The molecule has 10 heteroatoms. The molecule has 0 atom stereocenters. The first kappa shape index (κ1) is 20.6. The number of nitrogens with one attached hydrogen (secondary N) is 2. The lowest BCUT2D eigenvalue weighted by Crippen LogP contribution is -2.12. The summed E-state index contributed by atoms with van der Waals surface area (Å²) < 4.78 is 39.2. The minimum Gasteiger partial charge on any atom is -0.507 e. The van der Waals surface area contributed by atoms with E-state index in [1.54, 1.807) is 17.8 Å². The number of aromatic hydroxyl groups is 1. The number of phenolic OH excluding ortho intramolecular Hbond substituents is 1. The van der Waals surface area contributed by atoms with Gasteiger partial charge < -0.3 is 15.7 Å². The summed E-state index contributed by atoms with van der Waals surface area (Å²) in [7, 11) is 1.81. The smallest absolute Gasteiger partial charge is 0.446 e. The zero-order chi connectivity index (χ0) is 21.0. The fourth-order valence-corrected chi connectivity index (χ4v) is 3.15. The van der Waals surface area contributed by atoms with Crippen LogP contribution in [0.5, 0.6) is 5.75 Å². The summed E-state index contributed by atoms with van der Waals surface area (Å²) in [5.41, 5.74) is -2.82. The summed E-state index contributed by atoms with van der Waals surface area (Å²) in [6.45, 7) is 0.440. The predicted octanol–water partition coefficient (Wildman–Crippen LogP) is 4.60. The number of nitrogens with zero attached hydrogens (tertiary/aromatic N) is 2. The summed E-state index contributed by atoms with van der Waals surface area (Å²) in [6, 6.07) is 11.7. The highest BCUT2D eigenvalue weighted by molar-refractivity contribution is 8.00. The maximum absolute atomic E-state index is 12.5. The standard InChI is InChI=1S/C19H17F3N4O2S/c1-26-8-7-14(25-26)11-23-12-5-6-16(17(27)10-12)18(28)24-13-3-2-4-15(9-13)29-19(20,21)22/h2-10,23,27H,11H2,1H3,(H,24,28). The molecule has 0 radical (unpaired) electrons. The van der Waals surface area contributed by atoms with Gasteiger partial charge >= 0.3 is 5.51 Å². The normalized spacial score (nSPS) is 11.3. The second-order valence-electron chi connectivity index (χ2n) is 6.10. The topological polar surface area (TPSA) is 79.2 Å². The quantitative estimate of drug-likeness (QED) is 0.506. The first-order valence-electron chi connectivity index (χ1n) is 8.42. The van der Waals surface area contributed by atoms with E-state index in [0.717, 1.165) is 5.69 Å². The van der Waals surface area contributed by atoms with Crippen molar-refractivity contribution >= 4 is 29.0 Å².